The Labute approximate surface area is 106 Å². The highest BCUT2D eigenvalue weighted by Gasteiger charge is 2.23. The summed E-state index contributed by atoms with van der Waals surface area (Å²) in [6, 6.07) is 0. The van der Waals surface area contributed by atoms with Gasteiger partial charge in [0.1, 0.15) is 0 Å². The molecule has 0 spiro atoms. The largest absolute Gasteiger partial charge is 0.0683 e. The second kappa shape index (κ2) is 15.0. The van der Waals surface area contributed by atoms with E-state index in [0.717, 1.165) is 23.7 Å². The van der Waals surface area contributed by atoms with Crippen molar-refractivity contribution in [3.8, 4) is 0 Å². The summed E-state index contributed by atoms with van der Waals surface area (Å²) in [5, 5.41) is 0. The molecule has 0 heteroatoms. The van der Waals surface area contributed by atoms with Gasteiger partial charge in [-0.1, -0.05) is 69.2 Å². The highest BCUT2D eigenvalue weighted by atomic mass is 14.3. The van der Waals surface area contributed by atoms with Gasteiger partial charge in [0, 0.05) is 0 Å². The van der Waals surface area contributed by atoms with Crippen LogP contribution in [0.3, 0.4) is 0 Å². The molecule has 0 nitrogen and oxygen atoms in total. The average Bonchev–Trinajstić information content (AvgIpc) is 2.87. The van der Waals surface area contributed by atoms with E-state index < -0.39 is 0 Å². The fraction of sp³-hybridized carbons (Fsp3) is 1.00. The first-order valence-electron chi connectivity index (χ1n) is 7.27. The lowest BCUT2D eigenvalue weighted by Crippen LogP contribution is -1.85. The maximum Gasteiger partial charge on any atom is -0.0391 e. The Morgan fingerprint density at radius 3 is 0.812 bits per heavy atom. The summed E-state index contributed by atoms with van der Waals surface area (Å²) in [5.41, 5.74) is 0. The lowest BCUT2D eigenvalue weighted by molar-refractivity contribution is 0.563. The molecule has 0 unspecified atom stereocenters. The summed E-state index contributed by atoms with van der Waals surface area (Å²) in [6.07, 6.45) is 3.00. The van der Waals surface area contributed by atoms with Gasteiger partial charge < -0.3 is 0 Å². The van der Waals surface area contributed by atoms with Gasteiger partial charge in [-0.3, -0.25) is 0 Å². The van der Waals surface area contributed by atoms with Crippen molar-refractivity contribution in [2.24, 2.45) is 23.7 Å². The molecular weight excluding hydrogens is 192 g/mol. The molecule has 0 aliphatic heterocycles. The van der Waals surface area contributed by atoms with E-state index in [1.807, 2.05) is 13.8 Å². The van der Waals surface area contributed by atoms with E-state index in [2.05, 4.69) is 55.4 Å². The lowest BCUT2D eigenvalue weighted by atomic mass is 10.1. The molecule has 0 amide bonds. The Balaban J connectivity index is -0.000000152. The van der Waals surface area contributed by atoms with Gasteiger partial charge in [0.15, 0.2) is 0 Å². The zero-order valence-corrected chi connectivity index (χ0v) is 13.7. The SMILES string of the molecule is CC.CC(C)C.CC(C)C.CC(C)C1CC1. The predicted octanol–water partition coefficient (Wildman–Crippen LogP) is 6.40. The molecule has 0 radical (unpaired) electrons. The molecule has 16 heavy (non-hydrogen) atoms. The van der Waals surface area contributed by atoms with Crippen molar-refractivity contribution in [3.05, 3.63) is 0 Å². The molecule has 1 saturated carbocycles. The quantitative estimate of drug-likeness (QED) is 0.488. The molecule has 0 heterocycles. The molecule has 0 atom stereocenters. The van der Waals surface area contributed by atoms with Crippen LogP contribution in [0.2, 0.25) is 0 Å². The summed E-state index contributed by atoms with van der Waals surface area (Å²) >= 11 is 0. The minimum atomic E-state index is 0.833. The van der Waals surface area contributed by atoms with Crippen LogP contribution >= 0.6 is 0 Å². The lowest BCUT2D eigenvalue weighted by Gasteiger charge is -1.94. The Morgan fingerprint density at radius 2 is 0.812 bits per heavy atom. The third-order valence-corrected chi connectivity index (χ3v) is 1.56. The van der Waals surface area contributed by atoms with Crippen LogP contribution in [0.25, 0.3) is 0 Å². The zero-order valence-electron chi connectivity index (χ0n) is 13.7. The Kier molecular flexibility index (Phi) is 20.0. The van der Waals surface area contributed by atoms with Crippen LogP contribution in [0.5, 0.6) is 0 Å². The zero-order chi connectivity index (χ0) is 13.7. The first kappa shape index (κ1) is 21.3. The smallest absolute Gasteiger partial charge is 0.0391 e. The molecular formula is C16H38. The number of hydrogen-bond acceptors (Lipinski definition) is 0. The Bertz CT molecular complexity index is 85.1. The van der Waals surface area contributed by atoms with E-state index in [9.17, 15) is 0 Å². The van der Waals surface area contributed by atoms with Crippen LogP contribution < -0.4 is 0 Å². The molecule has 1 aliphatic carbocycles. The highest BCUT2D eigenvalue weighted by Crippen LogP contribution is 2.35. The van der Waals surface area contributed by atoms with Crippen molar-refractivity contribution in [1.29, 1.82) is 0 Å². The third kappa shape index (κ3) is 48.3. The van der Waals surface area contributed by atoms with Crippen molar-refractivity contribution < 1.29 is 0 Å². The van der Waals surface area contributed by atoms with Gasteiger partial charge in [-0.25, -0.2) is 0 Å². The fourth-order valence-corrected chi connectivity index (χ4v) is 0.763. The predicted molar refractivity (Wildman–Crippen MR) is 79.9 cm³/mol. The molecule has 0 N–H and O–H groups in total. The van der Waals surface area contributed by atoms with Crippen LogP contribution in [-0.2, 0) is 0 Å². The minimum Gasteiger partial charge on any atom is -0.0683 e. The Hall–Kier alpha value is 0. The van der Waals surface area contributed by atoms with Crippen LogP contribution in [0.15, 0.2) is 0 Å². The second-order valence-electron chi connectivity index (χ2n) is 6.05. The maximum absolute atomic E-state index is 2.30. The molecule has 0 saturated heterocycles. The van der Waals surface area contributed by atoms with Gasteiger partial charge in [-0.05, 0) is 36.5 Å². The first-order chi connectivity index (χ1) is 7.27. The molecule has 0 aromatic heterocycles. The second-order valence-corrected chi connectivity index (χ2v) is 6.05. The van der Waals surface area contributed by atoms with Crippen LogP contribution in [0, 0.1) is 23.7 Å². The van der Waals surface area contributed by atoms with Gasteiger partial charge in [0.05, 0.1) is 0 Å². The van der Waals surface area contributed by atoms with Crippen LogP contribution in [0.1, 0.15) is 82.1 Å². The molecule has 0 bridgehead atoms. The normalized spacial score (nSPS) is 13.3. The fourth-order valence-electron chi connectivity index (χ4n) is 0.763. The van der Waals surface area contributed by atoms with Gasteiger partial charge >= 0.3 is 0 Å². The summed E-state index contributed by atoms with van der Waals surface area (Å²) in [5.74, 6) is 3.73. The molecule has 1 rings (SSSR count). The summed E-state index contributed by atoms with van der Waals surface area (Å²) in [4.78, 5) is 0. The van der Waals surface area contributed by atoms with E-state index in [0.29, 0.717) is 0 Å². The van der Waals surface area contributed by atoms with E-state index in [4.69, 9.17) is 0 Å². The Morgan fingerprint density at radius 1 is 0.625 bits per heavy atom. The topological polar surface area (TPSA) is 0 Å². The molecule has 0 aromatic rings. The van der Waals surface area contributed by atoms with Crippen molar-refractivity contribution in [3.63, 3.8) is 0 Å². The van der Waals surface area contributed by atoms with Crippen molar-refractivity contribution in [2.75, 3.05) is 0 Å². The maximum atomic E-state index is 2.30. The summed E-state index contributed by atoms with van der Waals surface area (Å²) in [7, 11) is 0. The van der Waals surface area contributed by atoms with Crippen molar-refractivity contribution >= 4 is 0 Å². The third-order valence-electron chi connectivity index (χ3n) is 1.56. The average molecular weight is 230 g/mol. The monoisotopic (exact) mass is 230 g/mol. The van der Waals surface area contributed by atoms with Crippen LogP contribution in [-0.4, -0.2) is 0 Å². The molecule has 1 aliphatic rings. The molecule has 0 aromatic carbocycles. The standard InChI is InChI=1S/C6H12.2C4H10.C2H6/c1-5(2)6-3-4-6;2*1-4(2)3;1-2/h5-6H,3-4H2,1-2H3;2*4H,1-3H3;1-2H3. The van der Waals surface area contributed by atoms with Gasteiger partial charge in [0.2, 0.25) is 0 Å². The van der Waals surface area contributed by atoms with Crippen molar-refractivity contribution in [1.82, 2.24) is 0 Å². The molecule has 1 fully saturated rings. The number of hydrogen-bond donors (Lipinski definition) is 0. The summed E-state index contributed by atoms with van der Waals surface area (Å²) in [6.45, 7) is 21.6. The van der Waals surface area contributed by atoms with Gasteiger partial charge in [0.25, 0.3) is 0 Å². The highest BCUT2D eigenvalue weighted by molar-refractivity contribution is 4.75. The van der Waals surface area contributed by atoms with Crippen molar-refractivity contribution in [2.45, 2.75) is 82.1 Å². The van der Waals surface area contributed by atoms with E-state index in [1.54, 1.807) is 0 Å². The first-order valence-corrected chi connectivity index (χ1v) is 7.27. The minimum absolute atomic E-state index is 0.833. The van der Waals surface area contributed by atoms with Crippen LogP contribution in [0.4, 0.5) is 0 Å². The van der Waals surface area contributed by atoms with Gasteiger partial charge in [-0.2, -0.15) is 0 Å². The summed E-state index contributed by atoms with van der Waals surface area (Å²) < 4.78 is 0. The number of rotatable bonds is 1. The van der Waals surface area contributed by atoms with E-state index in [1.165, 1.54) is 12.8 Å². The molecule has 102 valence electrons. The van der Waals surface area contributed by atoms with E-state index >= 15 is 0 Å². The van der Waals surface area contributed by atoms with Gasteiger partial charge in [-0.15, -0.1) is 0 Å². The van der Waals surface area contributed by atoms with E-state index in [-0.39, 0.29) is 0 Å².